The molecule has 214 valence electrons. The Labute approximate surface area is 247 Å². The first-order valence-electron chi connectivity index (χ1n) is 13.8. The Hall–Kier alpha value is -4.47. The van der Waals surface area contributed by atoms with Gasteiger partial charge < -0.3 is 24.6 Å². The first kappa shape index (κ1) is 27.7. The second-order valence-electron chi connectivity index (χ2n) is 10.2. The molecule has 1 aliphatic rings. The lowest BCUT2D eigenvalue weighted by atomic mass is 10.1. The normalized spacial score (nSPS) is 13.1. The maximum absolute atomic E-state index is 13.5. The number of hydrogen-bond donors (Lipinski definition) is 2. The number of fused-ring (bicyclic) bond motifs is 1. The van der Waals surface area contributed by atoms with Gasteiger partial charge in [0, 0.05) is 48.9 Å². The molecule has 0 spiro atoms. The number of carbonyl (C=O) groups excluding carboxylic acids is 1. The van der Waals surface area contributed by atoms with Crippen LogP contribution in [0.3, 0.4) is 0 Å². The topological polar surface area (TPSA) is 92.5 Å². The van der Waals surface area contributed by atoms with Crippen molar-refractivity contribution in [2.45, 2.75) is 25.9 Å². The summed E-state index contributed by atoms with van der Waals surface area (Å²) in [6.07, 6.45) is 7.65. The van der Waals surface area contributed by atoms with Gasteiger partial charge in [0.15, 0.2) is 0 Å². The molecule has 5 aromatic rings. The average Bonchev–Trinajstić information content (AvgIpc) is 3.68. The van der Waals surface area contributed by atoms with Crippen LogP contribution in [-0.2, 0) is 13.0 Å². The Morgan fingerprint density at radius 3 is 2.69 bits per heavy atom. The molecule has 0 bridgehead atoms. The predicted octanol–water partition coefficient (Wildman–Crippen LogP) is 6.31. The third-order valence-corrected chi connectivity index (χ3v) is 7.60. The van der Waals surface area contributed by atoms with Crippen LogP contribution in [0, 0.1) is 5.82 Å². The van der Waals surface area contributed by atoms with Crippen LogP contribution in [0.25, 0.3) is 16.6 Å². The Balaban J connectivity index is 1.25. The monoisotopic (exact) mass is 585 g/mol. The third kappa shape index (κ3) is 5.93. The summed E-state index contributed by atoms with van der Waals surface area (Å²) in [6.45, 7) is 1.67. The molecule has 8 nitrogen and oxygen atoms in total. The van der Waals surface area contributed by atoms with Crippen molar-refractivity contribution < 1.29 is 19.0 Å². The number of ether oxygens (including phenoxy) is 1. The van der Waals surface area contributed by atoms with Gasteiger partial charge in [-0.1, -0.05) is 23.7 Å². The van der Waals surface area contributed by atoms with Gasteiger partial charge in [-0.3, -0.25) is 4.79 Å². The van der Waals surface area contributed by atoms with Crippen molar-refractivity contribution in [3.63, 3.8) is 0 Å². The number of nitrogens with zero attached hydrogens (tertiary/aromatic N) is 4. The zero-order valence-electron chi connectivity index (χ0n) is 22.8. The maximum atomic E-state index is 13.5. The van der Waals surface area contributed by atoms with E-state index in [0.717, 1.165) is 48.1 Å². The molecular formula is C32H29ClFN5O3. The van der Waals surface area contributed by atoms with Gasteiger partial charge in [0.2, 0.25) is 0 Å². The molecule has 3 heterocycles. The molecule has 2 aromatic heterocycles. The maximum Gasteiger partial charge on any atom is 0.255 e. The van der Waals surface area contributed by atoms with Gasteiger partial charge in [0.25, 0.3) is 5.91 Å². The molecule has 6 rings (SSSR count). The number of aliphatic hydroxyl groups excluding tert-OH is 1. The number of anilines is 2. The highest BCUT2D eigenvalue weighted by atomic mass is 35.5. The fraction of sp³-hybridized carbons (Fsp3) is 0.219. The summed E-state index contributed by atoms with van der Waals surface area (Å²) in [4.78, 5) is 24.0. The van der Waals surface area contributed by atoms with Gasteiger partial charge in [-0.2, -0.15) is 0 Å². The first-order valence-corrected chi connectivity index (χ1v) is 14.2. The van der Waals surface area contributed by atoms with Crippen LogP contribution < -0.4 is 10.1 Å². The van der Waals surface area contributed by atoms with Gasteiger partial charge in [-0.15, -0.1) is 0 Å². The number of nitrogens with one attached hydrogen (secondary N) is 1. The van der Waals surface area contributed by atoms with Gasteiger partial charge in [0.05, 0.1) is 16.1 Å². The zero-order valence-corrected chi connectivity index (χ0v) is 23.5. The molecule has 1 aliphatic heterocycles. The van der Waals surface area contributed by atoms with Crippen molar-refractivity contribution >= 4 is 39.9 Å². The number of benzene rings is 3. The van der Waals surface area contributed by atoms with Crippen LogP contribution in [0.5, 0.6) is 5.75 Å². The summed E-state index contributed by atoms with van der Waals surface area (Å²) in [6, 6.07) is 17.4. The van der Waals surface area contributed by atoms with E-state index in [2.05, 4.69) is 15.3 Å². The van der Waals surface area contributed by atoms with Crippen LogP contribution in [0.4, 0.5) is 15.9 Å². The molecule has 0 radical (unpaired) electrons. The van der Waals surface area contributed by atoms with E-state index in [1.807, 2.05) is 46.1 Å². The number of amides is 1. The average molecular weight is 586 g/mol. The molecule has 0 saturated carbocycles. The Morgan fingerprint density at radius 1 is 1.05 bits per heavy atom. The van der Waals surface area contributed by atoms with Gasteiger partial charge in [-0.05, 0) is 78.9 Å². The summed E-state index contributed by atoms with van der Waals surface area (Å²) < 4.78 is 21.2. The lowest BCUT2D eigenvalue weighted by molar-refractivity contribution is 0.0791. The number of hydrogen-bond acceptors (Lipinski definition) is 6. The molecular weight excluding hydrogens is 557 g/mol. The van der Waals surface area contributed by atoms with E-state index in [1.54, 1.807) is 24.3 Å². The molecule has 10 heteroatoms. The minimum absolute atomic E-state index is 0.00131. The molecule has 0 atom stereocenters. The van der Waals surface area contributed by atoms with E-state index in [4.69, 9.17) is 16.3 Å². The highest BCUT2D eigenvalue weighted by Crippen LogP contribution is 2.32. The SMILES string of the molecule is O=C(c1cn(-c2ccc3ncnc(Nc4ccc(OCc5cccc(F)c5)c(Cl)c4)c3c2)cc1CCO)N1CCCC1. The minimum Gasteiger partial charge on any atom is -0.487 e. The lowest BCUT2D eigenvalue weighted by Gasteiger charge is -2.15. The van der Waals surface area contributed by atoms with Crippen LogP contribution in [0.2, 0.25) is 5.02 Å². The van der Waals surface area contributed by atoms with E-state index >= 15 is 0 Å². The highest BCUT2D eigenvalue weighted by Gasteiger charge is 2.23. The van der Waals surface area contributed by atoms with Crippen molar-refractivity contribution in [1.29, 1.82) is 0 Å². The number of aliphatic hydroxyl groups is 1. The Morgan fingerprint density at radius 2 is 1.90 bits per heavy atom. The minimum atomic E-state index is -0.319. The van der Waals surface area contributed by atoms with Crippen LogP contribution in [0.15, 0.2) is 79.4 Å². The third-order valence-electron chi connectivity index (χ3n) is 7.31. The Bertz CT molecular complexity index is 1750. The zero-order chi connectivity index (χ0) is 29.1. The second-order valence-corrected chi connectivity index (χ2v) is 10.6. The van der Waals surface area contributed by atoms with Crippen LogP contribution >= 0.6 is 11.6 Å². The molecule has 0 unspecified atom stereocenters. The summed E-state index contributed by atoms with van der Waals surface area (Å²) in [5.74, 6) is 0.746. The molecule has 3 aromatic carbocycles. The molecule has 0 aliphatic carbocycles. The van der Waals surface area contributed by atoms with Gasteiger partial charge in [0.1, 0.15) is 30.3 Å². The molecule has 1 fully saturated rings. The molecule has 1 saturated heterocycles. The predicted molar refractivity (Wildman–Crippen MR) is 160 cm³/mol. The van der Waals surface area contributed by atoms with E-state index < -0.39 is 0 Å². The van der Waals surface area contributed by atoms with Crippen molar-refractivity contribution in [3.05, 3.63) is 107 Å². The molecule has 2 N–H and O–H groups in total. The second kappa shape index (κ2) is 12.2. The summed E-state index contributed by atoms with van der Waals surface area (Å²) in [7, 11) is 0. The summed E-state index contributed by atoms with van der Waals surface area (Å²) in [5.41, 5.74) is 4.41. The number of halogens is 2. The van der Waals surface area contributed by atoms with Crippen molar-refractivity contribution in [3.8, 4) is 11.4 Å². The van der Waals surface area contributed by atoms with Crippen molar-refractivity contribution in [1.82, 2.24) is 19.4 Å². The standard InChI is InChI=1S/C32H29ClFN5O3/c33-28-15-24(6-9-30(28)42-19-21-4-3-5-23(34)14-21)37-31-26-16-25(7-8-29(26)35-20-36-31)39-17-22(10-13-40)27(18-39)32(41)38-11-1-2-12-38/h3-9,14-18,20,40H,1-2,10-13,19H2,(H,35,36,37). The fourth-order valence-electron chi connectivity index (χ4n) is 5.17. The number of rotatable bonds is 9. The van der Waals surface area contributed by atoms with Gasteiger partial charge in [-0.25, -0.2) is 14.4 Å². The highest BCUT2D eigenvalue weighted by molar-refractivity contribution is 6.32. The molecule has 1 amide bonds. The number of carbonyl (C=O) groups is 1. The van der Waals surface area contributed by atoms with E-state index in [0.29, 0.717) is 39.8 Å². The first-order chi connectivity index (χ1) is 20.5. The number of aromatic nitrogens is 3. The van der Waals surface area contributed by atoms with E-state index in [-0.39, 0.29) is 24.9 Å². The fourth-order valence-corrected chi connectivity index (χ4v) is 5.41. The lowest BCUT2D eigenvalue weighted by Crippen LogP contribution is -2.28. The smallest absolute Gasteiger partial charge is 0.255 e. The van der Waals surface area contributed by atoms with E-state index in [1.165, 1.54) is 18.5 Å². The number of likely N-dealkylation sites (tertiary alicyclic amines) is 1. The summed E-state index contributed by atoms with van der Waals surface area (Å²) in [5, 5.41) is 14.1. The van der Waals surface area contributed by atoms with Crippen LogP contribution in [-0.4, -0.2) is 50.1 Å². The van der Waals surface area contributed by atoms with Crippen molar-refractivity contribution in [2.24, 2.45) is 0 Å². The van der Waals surface area contributed by atoms with Gasteiger partial charge >= 0.3 is 0 Å². The summed E-state index contributed by atoms with van der Waals surface area (Å²) >= 11 is 6.51. The van der Waals surface area contributed by atoms with Crippen molar-refractivity contribution in [2.75, 3.05) is 25.0 Å². The quantitative estimate of drug-likeness (QED) is 0.211. The Kier molecular flexibility index (Phi) is 8.03. The molecule has 42 heavy (non-hydrogen) atoms. The largest absolute Gasteiger partial charge is 0.487 e. The van der Waals surface area contributed by atoms with Crippen LogP contribution in [0.1, 0.15) is 34.3 Å². The van der Waals surface area contributed by atoms with E-state index in [9.17, 15) is 14.3 Å².